The van der Waals surface area contributed by atoms with Gasteiger partial charge >= 0.3 is 0 Å². The van der Waals surface area contributed by atoms with E-state index in [9.17, 15) is 4.79 Å². The molecule has 0 bridgehead atoms. The Bertz CT molecular complexity index is 460. The first-order valence-corrected chi connectivity index (χ1v) is 8.07. The molecule has 19 heavy (non-hydrogen) atoms. The Hall–Kier alpha value is -0.420. The lowest BCUT2D eigenvalue weighted by Crippen LogP contribution is -2.53. The lowest BCUT2D eigenvalue weighted by atomic mass is 9.90. The van der Waals surface area contributed by atoms with Crippen LogP contribution in [-0.2, 0) is 4.74 Å². The van der Waals surface area contributed by atoms with Gasteiger partial charge in [-0.3, -0.25) is 9.69 Å². The summed E-state index contributed by atoms with van der Waals surface area (Å²) in [5.74, 6) is 0.183. The lowest BCUT2D eigenvalue weighted by molar-refractivity contribution is -0.0846. The van der Waals surface area contributed by atoms with Gasteiger partial charge in [0.05, 0.1) is 28.5 Å². The minimum absolute atomic E-state index is 0.183. The van der Waals surface area contributed by atoms with Gasteiger partial charge < -0.3 is 4.74 Å². The van der Waals surface area contributed by atoms with Crippen molar-refractivity contribution in [3.05, 3.63) is 21.3 Å². The van der Waals surface area contributed by atoms with E-state index in [1.807, 2.05) is 6.07 Å². The number of ether oxygens (including phenoxy) is 1. The first kappa shape index (κ1) is 13.6. The summed E-state index contributed by atoms with van der Waals surface area (Å²) in [7, 11) is 0. The highest BCUT2D eigenvalue weighted by Crippen LogP contribution is 2.29. The molecule has 104 valence electrons. The average Bonchev–Trinajstić information content (AvgIpc) is 2.86. The number of nitrogens with zero attached hydrogens (tertiary/aromatic N) is 1. The lowest BCUT2D eigenvalue weighted by Gasteiger charge is -2.43. The number of ketones is 1. The third-order valence-electron chi connectivity index (χ3n) is 4.04. The van der Waals surface area contributed by atoms with E-state index in [2.05, 4.69) is 4.90 Å². The van der Waals surface area contributed by atoms with Crippen LogP contribution in [0.2, 0.25) is 4.34 Å². The summed E-state index contributed by atoms with van der Waals surface area (Å²) >= 11 is 7.26. The molecule has 1 aromatic heterocycles. The largest absolute Gasteiger partial charge is 0.375 e. The maximum Gasteiger partial charge on any atom is 0.186 e. The SMILES string of the molecule is O=C(CN1CCOC2CCCCC21)c1ccc(Cl)s1. The molecule has 1 saturated heterocycles. The van der Waals surface area contributed by atoms with Crippen LogP contribution < -0.4 is 0 Å². The molecule has 1 aromatic rings. The summed E-state index contributed by atoms with van der Waals surface area (Å²) in [6, 6.07) is 4.05. The maximum absolute atomic E-state index is 12.3. The van der Waals surface area contributed by atoms with E-state index in [1.165, 1.54) is 24.2 Å². The van der Waals surface area contributed by atoms with E-state index in [-0.39, 0.29) is 5.78 Å². The Labute approximate surface area is 122 Å². The summed E-state index contributed by atoms with van der Waals surface area (Å²) in [4.78, 5) is 15.3. The monoisotopic (exact) mass is 299 g/mol. The number of thiophene rings is 1. The van der Waals surface area contributed by atoms with Gasteiger partial charge in [0, 0.05) is 12.6 Å². The van der Waals surface area contributed by atoms with Crippen molar-refractivity contribution in [1.29, 1.82) is 0 Å². The Morgan fingerprint density at radius 2 is 2.26 bits per heavy atom. The van der Waals surface area contributed by atoms with Crippen LogP contribution in [0.1, 0.15) is 35.4 Å². The Balaban J connectivity index is 1.66. The van der Waals surface area contributed by atoms with E-state index in [1.54, 1.807) is 6.07 Å². The molecule has 3 rings (SSSR count). The van der Waals surface area contributed by atoms with E-state index in [0.29, 0.717) is 23.0 Å². The number of fused-ring (bicyclic) bond motifs is 1. The van der Waals surface area contributed by atoms with Gasteiger partial charge in [-0.15, -0.1) is 11.3 Å². The number of carbonyl (C=O) groups excluding carboxylic acids is 1. The third kappa shape index (κ3) is 3.02. The fraction of sp³-hybridized carbons (Fsp3) is 0.643. The van der Waals surface area contributed by atoms with Crippen molar-refractivity contribution in [2.75, 3.05) is 19.7 Å². The molecule has 1 saturated carbocycles. The molecule has 0 radical (unpaired) electrons. The van der Waals surface area contributed by atoms with Crippen LogP contribution in [0.3, 0.4) is 0 Å². The number of Topliss-reactive ketones (excluding diaryl/α,β-unsaturated/α-hetero) is 1. The highest BCUT2D eigenvalue weighted by atomic mass is 35.5. The maximum atomic E-state index is 12.3. The Morgan fingerprint density at radius 1 is 1.42 bits per heavy atom. The van der Waals surface area contributed by atoms with Crippen molar-refractivity contribution in [3.63, 3.8) is 0 Å². The van der Waals surface area contributed by atoms with Crippen LogP contribution >= 0.6 is 22.9 Å². The van der Waals surface area contributed by atoms with Crippen LogP contribution in [0, 0.1) is 0 Å². The molecule has 1 aliphatic carbocycles. The van der Waals surface area contributed by atoms with Crippen LogP contribution in [0.25, 0.3) is 0 Å². The molecule has 2 fully saturated rings. The normalized spacial score (nSPS) is 28.1. The van der Waals surface area contributed by atoms with Crippen LogP contribution in [0.15, 0.2) is 12.1 Å². The molecule has 0 spiro atoms. The molecular weight excluding hydrogens is 282 g/mol. The zero-order valence-electron chi connectivity index (χ0n) is 10.8. The topological polar surface area (TPSA) is 29.5 Å². The van der Waals surface area contributed by atoms with Crippen LogP contribution in [-0.4, -0.2) is 42.5 Å². The molecule has 3 nitrogen and oxygen atoms in total. The molecular formula is C14H18ClNO2S. The zero-order valence-corrected chi connectivity index (χ0v) is 12.4. The van der Waals surface area contributed by atoms with Crippen molar-refractivity contribution in [2.24, 2.45) is 0 Å². The van der Waals surface area contributed by atoms with Gasteiger partial charge in [0.2, 0.25) is 0 Å². The van der Waals surface area contributed by atoms with Gasteiger partial charge in [0.25, 0.3) is 0 Å². The smallest absolute Gasteiger partial charge is 0.186 e. The summed E-state index contributed by atoms with van der Waals surface area (Å²) in [5.41, 5.74) is 0. The van der Waals surface area contributed by atoms with Gasteiger partial charge in [0.15, 0.2) is 5.78 Å². The third-order valence-corrected chi connectivity index (χ3v) is 5.31. The first-order valence-electron chi connectivity index (χ1n) is 6.88. The summed E-state index contributed by atoms with van der Waals surface area (Å²) in [6.07, 6.45) is 5.13. The highest BCUT2D eigenvalue weighted by molar-refractivity contribution is 7.18. The summed E-state index contributed by atoms with van der Waals surface area (Å²) in [6.45, 7) is 2.12. The molecule has 5 heteroatoms. The number of rotatable bonds is 3. The van der Waals surface area contributed by atoms with Crippen LogP contribution in [0.5, 0.6) is 0 Å². The number of carbonyl (C=O) groups is 1. The minimum atomic E-state index is 0.183. The molecule has 1 aliphatic heterocycles. The second-order valence-corrected chi connectivity index (χ2v) is 6.97. The van der Waals surface area contributed by atoms with Gasteiger partial charge in [-0.2, -0.15) is 0 Å². The van der Waals surface area contributed by atoms with Gasteiger partial charge in [0.1, 0.15) is 0 Å². The molecule has 0 aromatic carbocycles. The Morgan fingerprint density at radius 3 is 3.05 bits per heavy atom. The highest BCUT2D eigenvalue weighted by Gasteiger charge is 2.35. The summed E-state index contributed by atoms with van der Waals surface area (Å²) in [5, 5.41) is 0. The molecule has 0 amide bonds. The van der Waals surface area contributed by atoms with Gasteiger partial charge in [-0.1, -0.05) is 24.4 Å². The number of hydrogen-bond donors (Lipinski definition) is 0. The van der Waals surface area contributed by atoms with E-state index < -0.39 is 0 Å². The molecule has 0 N–H and O–H groups in total. The summed E-state index contributed by atoms with van der Waals surface area (Å²) < 4.78 is 6.51. The molecule has 2 aliphatic rings. The Kier molecular flexibility index (Phi) is 4.22. The number of halogens is 1. The second kappa shape index (κ2) is 5.92. The fourth-order valence-electron chi connectivity index (χ4n) is 3.10. The fourth-order valence-corrected chi connectivity index (χ4v) is 4.07. The standard InChI is InChI=1S/C14H18ClNO2S/c15-14-6-5-13(19-14)11(17)9-16-7-8-18-12-4-2-1-3-10(12)16/h5-6,10,12H,1-4,7-9H2. The van der Waals surface area contributed by atoms with Crippen molar-refractivity contribution in [3.8, 4) is 0 Å². The van der Waals surface area contributed by atoms with E-state index in [0.717, 1.165) is 30.9 Å². The quantitative estimate of drug-likeness (QED) is 0.803. The van der Waals surface area contributed by atoms with Gasteiger partial charge in [-0.05, 0) is 25.0 Å². The van der Waals surface area contributed by atoms with Gasteiger partial charge in [-0.25, -0.2) is 0 Å². The van der Waals surface area contributed by atoms with E-state index in [4.69, 9.17) is 16.3 Å². The minimum Gasteiger partial charge on any atom is -0.375 e. The number of morpholine rings is 1. The molecule has 2 heterocycles. The van der Waals surface area contributed by atoms with Crippen molar-refractivity contribution in [2.45, 2.75) is 37.8 Å². The van der Waals surface area contributed by atoms with Crippen molar-refractivity contribution in [1.82, 2.24) is 4.90 Å². The average molecular weight is 300 g/mol. The molecule has 2 unspecified atom stereocenters. The molecule has 2 atom stereocenters. The predicted octanol–water partition coefficient (Wildman–Crippen LogP) is 3.23. The zero-order chi connectivity index (χ0) is 13.2. The predicted molar refractivity (Wildman–Crippen MR) is 77.2 cm³/mol. The first-order chi connectivity index (χ1) is 9.24. The van der Waals surface area contributed by atoms with Crippen molar-refractivity contribution < 1.29 is 9.53 Å². The van der Waals surface area contributed by atoms with E-state index >= 15 is 0 Å². The second-order valence-electron chi connectivity index (χ2n) is 5.26. The van der Waals surface area contributed by atoms with Crippen LogP contribution in [0.4, 0.5) is 0 Å². The number of hydrogen-bond acceptors (Lipinski definition) is 4. The van der Waals surface area contributed by atoms with Crippen molar-refractivity contribution >= 4 is 28.7 Å².